The summed E-state index contributed by atoms with van der Waals surface area (Å²) in [5.41, 5.74) is 0.317. The summed E-state index contributed by atoms with van der Waals surface area (Å²) in [5, 5.41) is 2.89. The quantitative estimate of drug-likeness (QED) is 0.612. The topological polar surface area (TPSA) is 60.5 Å². The van der Waals surface area contributed by atoms with Gasteiger partial charge in [-0.25, -0.2) is 4.98 Å². The van der Waals surface area contributed by atoms with Crippen molar-refractivity contribution in [1.29, 1.82) is 0 Å². The van der Waals surface area contributed by atoms with Gasteiger partial charge in [0.2, 0.25) is 0 Å². The molecular formula is C15H14BrClN2O3. The molecule has 5 nitrogen and oxygen atoms in total. The van der Waals surface area contributed by atoms with Crippen molar-refractivity contribution in [2.45, 2.75) is 0 Å². The van der Waals surface area contributed by atoms with E-state index in [0.717, 1.165) is 0 Å². The number of carbonyl (C=O) groups excluding carboxylic acids is 1. The highest BCUT2D eigenvalue weighted by Crippen LogP contribution is 2.19. The van der Waals surface area contributed by atoms with Gasteiger partial charge in [0.05, 0.1) is 19.2 Å². The van der Waals surface area contributed by atoms with Crippen molar-refractivity contribution in [3.8, 4) is 11.5 Å². The molecule has 0 unspecified atom stereocenters. The summed E-state index contributed by atoms with van der Waals surface area (Å²) in [4.78, 5) is 15.9. The number of rotatable bonds is 6. The number of benzene rings is 1. The van der Waals surface area contributed by atoms with Gasteiger partial charge in [-0.15, -0.1) is 0 Å². The van der Waals surface area contributed by atoms with Gasteiger partial charge >= 0.3 is 0 Å². The van der Waals surface area contributed by atoms with Crippen LogP contribution in [0.25, 0.3) is 0 Å². The summed E-state index contributed by atoms with van der Waals surface area (Å²) >= 11 is 9.15. The van der Waals surface area contributed by atoms with E-state index in [0.29, 0.717) is 34.7 Å². The highest BCUT2D eigenvalue weighted by atomic mass is 79.9. The number of aromatic nitrogens is 1. The first kappa shape index (κ1) is 16.6. The Bertz CT molecular complexity index is 667. The molecule has 1 heterocycles. The average molecular weight is 386 g/mol. The molecule has 0 radical (unpaired) electrons. The van der Waals surface area contributed by atoms with E-state index in [2.05, 4.69) is 26.2 Å². The molecule has 1 aromatic carbocycles. The van der Waals surface area contributed by atoms with Crippen LogP contribution in [-0.2, 0) is 0 Å². The molecule has 0 bridgehead atoms. The monoisotopic (exact) mass is 384 g/mol. The van der Waals surface area contributed by atoms with Gasteiger partial charge in [-0.3, -0.25) is 4.79 Å². The molecule has 0 saturated carbocycles. The molecule has 2 rings (SSSR count). The predicted molar refractivity (Wildman–Crippen MR) is 87.8 cm³/mol. The third kappa shape index (κ3) is 4.61. The van der Waals surface area contributed by atoms with Gasteiger partial charge in [-0.2, -0.15) is 0 Å². The van der Waals surface area contributed by atoms with Gasteiger partial charge in [0.15, 0.2) is 0 Å². The highest BCUT2D eigenvalue weighted by molar-refractivity contribution is 9.10. The van der Waals surface area contributed by atoms with E-state index in [1.165, 1.54) is 6.20 Å². The second kappa shape index (κ2) is 8.00. The van der Waals surface area contributed by atoms with Crippen LogP contribution in [0.5, 0.6) is 11.5 Å². The highest BCUT2D eigenvalue weighted by Gasteiger charge is 2.11. The van der Waals surface area contributed by atoms with E-state index in [9.17, 15) is 4.79 Å². The summed E-state index contributed by atoms with van der Waals surface area (Å²) in [6.45, 7) is 0.677. The molecule has 0 aliphatic rings. The van der Waals surface area contributed by atoms with E-state index in [-0.39, 0.29) is 11.1 Å². The van der Waals surface area contributed by atoms with Crippen molar-refractivity contribution in [1.82, 2.24) is 10.3 Å². The van der Waals surface area contributed by atoms with Crippen LogP contribution in [0.1, 0.15) is 10.4 Å². The summed E-state index contributed by atoms with van der Waals surface area (Å²) in [6, 6.07) is 8.88. The predicted octanol–water partition coefficient (Wildman–Crippen LogP) is 3.31. The van der Waals surface area contributed by atoms with Crippen LogP contribution in [-0.4, -0.2) is 31.2 Å². The van der Waals surface area contributed by atoms with Crippen molar-refractivity contribution >= 4 is 33.4 Å². The Kier molecular flexibility index (Phi) is 6.03. The smallest absolute Gasteiger partial charge is 0.254 e. The molecule has 0 spiro atoms. The van der Waals surface area contributed by atoms with E-state index in [1.807, 2.05) is 18.2 Å². The fraction of sp³-hybridized carbons (Fsp3) is 0.200. The second-order valence-electron chi connectivity index (χ2n) is 4.28. The number of halogens is 2. The summed E-state index contributed by atoms with van der Waals surface area (Å²) in [7, 11) is 1.59. The van der Waals surface area contributed by atoms with Gasteiger partial charge in [0.25, 0.3) is 5.91 Å². The van der Waals surface area contributed by atoms with Gasteiger partial charge < -0.3 is 14.8 Å². The molecular weight excluding hydrogens is 372 g/mol. The Morgan fingerprint density at radius 1 is 1.36 bits per heavy atom. The minimum atomic E-state index is -0.298. The normalized spacial score (nSPS) is 10.1. The molecule has 0 fully saturated rings. The zero-order valence-corrected chi connectivity index (χ0v) is 14.1. The molecule has 22 heavy (non-hydrogen) atoms. The number of carbonyl (C=O) groups is 1. The Morgan fingerprint density at radius 3 is 2.91 bits per heavy atom. The number of ether oxygens (including phenoxy) is 2. The summed E-state index contributed by atoms with van der Waals surface area (Å²) in [5.74, 6) is 1.09. The van der Waals surface area contributed by atoms with Crippen LogP contribution in [0, 0.1) is 0 Å². The lowest BCUT2D eigenvalue weighted by Gasteiger charge is -2.09. The van der Waals surface area contributed by atoms with Crippen LogP contribution in [0.3, 0.4) is 0 Å². The fourth-order valence-corrected chi connectivity index (χ4v) is 2.22. The zero-order chi connectivity index (χ0) is 15.9. The lowest BCUT2D eigenvalue weighted by Crippen LogP contribution is -2.28. The molecule has 0 aliphatic carbocycles. The van der Waals surface area contributed by atoms with Crippen LogP contribution in [0.15, 0.2) is 41.0 Å². The van der Waals surface area contributed by atoms with E-state index in [1.54, 1.807) is 19.2 Å². The van der Waals surface area contributed by atoms with Crippen molar-refractivity contribution in [2.24, 2.45) is 0 Å². The number of nitrogens with one attached hydrogen (secondary N) is 1. The average Bonchev–Trinajstić information content (AvgIpc) is 2.54. The zero-order valence-electron chi connectivity index (χ0n) is 11.8. The Labute approximate surface area is 141 Å². The first-order valence-electron chi connectivity index (χ1n) is 6.46. The van der Waals surface area contributed by atoms with Crippen LogP contribution < -0.4 is 14.8 Å². The molecule has 1 aromatic heterocycles. The summed E-state index contributed by atoms with van der Waals surface area (Å²) < 4.78 is 11.3. The molecule has 1 amide bonds. The van der Waals surface area contributed by atoms with Crippen molar-refractivity contribution < 1.29 is 14.3 Å². The lowest BCUT2D eigenvalue weighted by atomic mass is 10.2. The van der Waals surface area contributed by atoms with E-state index < -0.39 is 0 Å². The number of hydrogen-bond acceptors (Lipinski definition) is 4. The van der Waals surface area contributed by atoms with Crippen molar-refractivity contribution in [2.75, 3.05) is 20.3 Å². The van der Waals surface area contributed by atoms with Crippen molar-refractivity contribution in [3.63, 3.8) is 0 Å². The third-order valence-electron chi connectivity index (χ3n) is 2.75. The molecule has 0 atom stereocenters. The largest absolute Gasteiger partial charge is 0.497 e. The van der Waals surface area contributed by atoms with Gasteiger partial charge in [-0.05, 0) is 34.1 Å². The number of nitrogens with zero attached hydrogens (tertiary/aromatic N) is 1. The third-order valence-corrected chi connectivity index (χ3v) is 3.48. The standard InChI is InChI=1S/C15H14BrClN2O3/c1-21-11-3-2-4-12(8-11)22-6-5-18-15(20)13-7-10(16)9-19-14(13)17/h2-4,7-9H,5-6H2,1H3,(H,18,20). The Morgan fingerprint density at radius 2 is 2.14 bits per heavy atom. The maximum absolute atomic E-state index is 12.0. The first-order chi connectivity index (χ1) is 10.6. The van der Waals surface area contributed by atoms with Crippen LogP contribution >= 0.6 is 27.5 Å². The molecule has 7 heteroatoms. The van der Waals surface area contributed by atoms with Gasteiger partial charge in [-0.1, -0.05) is 17.7 Å². The number of methoxy groups -OCH3 is 1. The maximum atomic E-state index is 12.0. The molecule has 2 aromatic rings. The Balaban J connectivity index is 1.83. The Hall–Kier alpha value is -1.79. The van der Waals surface area contributed by atoms with E-state index in [4.69, 9.17) is 21.1 Å². The minimum Gasteiger partial charge on any atom is -0.497 e. The van der Waals surface area contributed by atoms with Crippen LogP contribution in [0.2, 0.25) is 5.15 Å². The van der Waals surface area contributed by atoms with Gasteiger partial charge in [0, 0.05) is 16.7 Å². The second-order valence-corrected chi connectivity index (χ2v) is 5.55. The van der Waals surface area contributed by atoms with Crippen molar-refractivity contribution in [3.05, 3.63) is 51.7 Å². The SMILES string of the molecule is COc1cccc(OCCNC(=O)c2cc(Br)cnc2Cl)c1. The first-order valence-corrected chi connectivity index (χ1v) is 7.63. The minimum absolute atomic E-state index is 0.161. The van der Waals surface area contributed by atoms with Gasteiger partial charge in [0.1, 0.15) is 23.3 Å². The number of hydrogen-bond donors (Lipinski definition) is 1. The molecule has 0 aliphatic heterocycles. The fourth-order valence-electron chi connectivity index (χ4n) is 1.70. The van der Waals surface area contributed by atoms with Crippen LogP contribution in [0.4, 0.5) is 0 Å². The molecule has 116 valence electrons. The number of amides is 1. The maximum Gasteiger partial charge on any atom is 0.254 e. The molecule has 1 N–H and O–H groups in total. The summed E-state index contributed by atoms with van der Waals surface area (Å²) in [6.07, 6.45) is 1.53. The number of pyridine rings is 1. The van der Waals surface area contributed by atoms with E-state index >= 15 is 0 Å². The molecule has 0 saturated heterocycles. The lowest BCUT2D eigenvalue weighted by molar-refractivity contribution is 0.0946.